The van der Waals surface area contributed by atoms with Crippen molar-refractivity contribution in [1.29, 1.82) is 0 Å². The quantitative estimate of drug-likeness (QED) is 0.617. The Bertz CT molecular complexity index is 277. The number of carbonyl (C=O) groups is 2. The lowest BCUT2D eigenvalue weighted by Gasteiger charge is -2.23. The molecular formula is C8H10F3NO3. The van der Waals surface area contributed by atoms with Crippen LogP contribution in [-0.2, 0) is 14.3 Å². The zero-order chi connectivity index (χ0) is 11.6. The van der Waals surface area contributed by atoms with Gasteiger partial charge in [0, 0.05) is 6.54 Å². The molecule has 1 saturated heterocycles. The first-order valence-corrected chi connectivity index (χ1v) is 4.33. The van der Waals surface area contributed by atoms with Gasteiger partial charge in [0.25, 0.3) is 0 Å². The van der Waals surface area contributed by atoms with Crippen molar-refractivity contribution in [3.8, 4) is 0 Å². The van der Waals surface area contributed by atoms with Crippen molar-refractivity contribution in [2.24, 2.45) is 0 Å². The summed E-state index contributed by atoms with van der Waals surface area (Å²) >= 11 is 0. The van der Waals surface area contributed by atoms with E-state index in [0.29, 0.717) is 11.3 Å². The molecule has 0 aromatic rings. The summed E-state index contributed by atoms with van der Waals surface area (Å²) in [5.41, 5.74) is 0. The molecule has 0 aliphatic carbocycles. The molecule has 0 saturated carbocycles. The van der Waals surface area contributed by atoms with Crippen LogP contribution >= 0.6 is 0 Å². The first-order valence-electron chi connectivity index (χ1n) is 4.33. The van der Waals surface area contributed by atoms with E-state index in [1.807, 2.05) is 0 Å². The molecule has 1 fully saturated rings. The van der Waals surface area contributed by atoms with Crippen LogP contribution in [0, 0.1) is 0 Å². The van der Waals surface area contributed by atoms with E-state index in [9.17, 15) is 22.8 Å². The number of rotatable bonds is 1. The normalized spacial score (nSPS) is 21.6. The number of alkyl halides is 3. The van der Waals surface area contributed by atoms with Crippen molar-refractivity contribution in [3.63, 3.8) is 0 Å². The van der Waals surface area contributed by atoms with Gasteiger partial charge in [-0.15, -0.1) is 0 Å². The second-order valence-corrected chi connectivity index (χ2v) is 3.18. The van der Waals surface area contributed by atoms with Gasteiger partial charge in [-0.1, -0.05) is 0 Å². The molecule has 0 bridgehead atoms. The largest absolute Gasteiger partial charge is 0.471 e. The minimum absolute atomic E-state index is 0.0574. The van der Waals surface area contributed by atoms with Crippen molar-refractivity contribution >= 4 is 11.9 Å². The lowest BCUT2D eigenvalue weighted by molar-refractivity contribution is -0.188. The number of halogens is 3. The predicted molar refractivity (Wildman–Crippen MR) is 42.8 cm³/mol. The second kappa shape index (κ2) is 4.08. The average Bonchev–Trinajstić information content (AvgIpc) is 2.62. The SMILES string of the molecule is COC(=O)[C@H]1CCCN1C(=O)C(F)(F)F. The predicted octanol–water partition coefficient (Wildman–Crippen LogP) is 0.713. The summed E-state index contributed by atoms with van der Waals surface area (Å²) in [6.45, 7) is -0.0574. The monoisotopic (exact) mass is 225 g/mol. The summed E-state index contributed by atoms with van der Waals surface area (Å²) in [7, 11) is 1.08. The van der Waals surface area contributed by atoms with Gasteiger partial charge in [-0.25, -0.2) is 4.79 Å². The fourth-order valence-corrected chi connectivity index (χ4v) is 1.55. The zero-order valence-electron chi connectivity index (χ0n) is 8.00. The number of ether oxygens (including phenoxy) is 1. The Labute approximate surface area is 84.0 Å². The van der Waals surface area contributed by atoms with Gasteiger partial charge < -0.3 is 9.64 Å². The van der Waals surface area contributed by atoms with E-state index < -0.39 is 24.1 Å². The van der Waals surface area contributed by atoms with E-state index in [1.165, 1.54) is 0 Å². The Kier molecular flexibility index (Phi) is 3.21. The smallest absolute Gasteiger partial charge is 0.467 e. The molecule has 15 heavy (non-hydrogen) atoms. The molecular weight excluding hydrogens is 215 g/mol. The van der Waals surface area contributed by atoms with Gasteiger partial charge in [-0.3, -0.25) is 4.79 Å². The molecule has 0 N–H and O–H groups in total. The highest BCUT2D eigenvalue weighted by atomic mass is 19.4. The van der Waals surface area contributed by atoms with E-state index >= 15 is 0 Å². The standard InChI is InChI=1S/C8H10F3NO3/c1-15-6(13)5-3-2-4-12(5)7(14)8(9,10)11/h5H,2-4H2,1H3/t5-/m1/s1. The summed E-state index contributed by atoms with van der Waals surface area (Å²) in [4.78, 5) is 22.5. The molecule has 1 aliphatic heterocycles. The van der Waals surface area contributed by atoms with E-state index in [4.69, 9.17) is 0 Å². The second-order valence-electron chi connectivity index (χ2n) is 3.18. The Morgan fingerprint density at radius 1 is 1.40 bits per heavy atom. The maximum Gasteiger partial charge on any atom is 0.471 e. The topological polar surface area (TPSA) is 46.6 Å². The molecule has 4 nitrogen and oxygen atoms in total. The fraction of sp³-hybridized carbons (Fsp3) is 0.750. The zero-order valence-corrected chi connectivity index (χ0v) is 8.00. The Morgan fingerprint density at radius 3 is 2.47 bits per heavy atom. The van der Waals surface area contributed by atoms with Crippen molar-refractivity contribution in [1.82, 2.24) is 4.90 Å². The van der Waals surface area contributed by atoms with Crippen LogP contribution in [0.1, 0.15) is 12.8 Å². The van der Waals surface area contributed by atoms with Gasteiger partial charge in [-0.05, 0) is 12.8 Å². The maximum absolute atomic E-state index is 12.1. The molecule has 1 heterocycles. The average molecular weight is 225 g/mol. The molecule has 0 spiro atoms. The summed E-state index contributed by atoms with van der Waals surface area (Å²) in [6.07, 6.45) is -4.34. The van der Waals surface area contributed by atoms with Crippen molar-refractivity contribution in [2.45, 2.75) is 25.1 Å². The van der Waals surface area contributed by atoms with Crippen LogP contribution in [0.3, 0.4) is 0 Å². The number of likely N-dealkylation sites (tertiary alicyclic amines) is 1. The lowest BCUT2D eigenvalue weighted by atomic mass is 10.2. The third kappa shape index (κ3) is 2.40. The number of methoxy groups -OCH3 is 1. The van der Waals surface area contributed by atoms with Crippen LogP contribution in [-0.4, -0.2) is 42.6 Å². The number of amides is 1. The molecule has 1 rings (SSSR count). The highest BCUT2D eigenvalue weighted by molar-refractivity contribution is 5.88. The highest BCUT2D eigenvalue weighted by Crippen LogP contribution is 2.25. The first kappa shape index (κ1) is 11.8. The van der Waals surface area contributed by atoms with Crippen molar-refractivity contribution in [2.75, 3.05) is 13.7 Å². The van der Waals surface area contributed by atoms with E-state index in [1.54, 1.807) is 0 Å². The van der Waals surface area contributed by atoms with Crippen LogP contribution in [0.4, 0.5) is 13.2 Å². The fourth-order valence-electron chi connectivity index (χ4n) is 1.55. The maximum atomic E-state index is 12.1. The Balaban J connectivity index is 2.77. The molecule has 1 amide bonds. The third-order valence-corrected chi connectivity index (χ3v) is 2.23. The van der Waals surface area contributed by atoms with Gasteiger partial charge in [0.05, 0.1) is 7.11 Å². The molecule has 0 aromatic heterocycles. The van der Waals surface area contributed by atoms with Crippen LogP contribution in [0.2, 0.25) is 0 Å². The molecule has 0 unspecified atom stereocenters. The summed E-state index contributed by atoms with van der Waals surface area (Å²) in [5, 5.41) is 0. The number of hydrogen-bond donors (Lipinski definition) is 0. The van der Waals surface area contributed by atoms with Crippen molar-refractivity contribution in [3.05, 3.63) is 0 Å². The van der Waals surface area contributed by atoms with Crippen LogP contribution in [0.5, 0.6) is 0 Å². The first-order chi connectivity index (χ1) is 6.88. The number of carbonyl (C=O) groups excluding carboxylic acids is 2. The number of esters is 1. The third-order valence-electron chi connectivity index (χ3n) is 2.23. The van der Waals surface area contributed by atoms with Gasteiger partial charge >= 0.3 is 18.1 Å². The molecule has 7 heteroatoms. The van der Waals surface area contributed by atoms with E-state index in [0.717, 1.165) is 7.11 Å². The highest BCUT2D eigenvalue weighted by Gasteiger charge is 2.47. The van der Waals surface area contributed by atoms with Gasteiger partial charge in [-0.2, -0.15) is 13.2 Å². The minimum atomic E-state index is -4.93. The molecule has 0 aromatic carbocycles. The minimum Gasteiger partial charge on any atom is -0.467 e. The van der Waals surface area contributed by atoms with Crippen molar-refractivity contribution < 1.29 is 27.5 Å². The van der Waals surface area contributed by atoms with Crippen LogP contribution in [0.15, 0.2) is 0 Å². The van der Waals surface area contributed by atoms with Gasteiger partial charge in [0.15, 0.2) is 0 Å². The summed E-state index contributed by atoms with van der Waals surface area (Å²) < 4.78 is 40.6. The lowest BCUT2D eigenvalue weighted by Crippen LogP contribution is -2.47. The number of nitrogens with zero attached hydrogens (tertiary/aromatic N) is 1. The summed E-state index contributed by atoms with van der Waals surface area (Å²) in [6, 6.07) is -1.09. The molecule has 0 radical (unpaired) electrons. The Hall–Kier alpha value is -1.27. The van der Waals surface area contributed by atoms with E-state index in [2.05, 4.69) is 4.74 Å². The Morgan fingerprint density at radius 2 is 2.00 bits per heavy atom. The van der Waals surface area contributed by atoms with Gasteiger partial charge in [0.2, 0.25) is 0 Å². The van der Waals surface area contributed by atoms with Gasteiger partial charge in [0.1, 0.15) is 6.04 Å². The molecule has 1 aliphatic rings. The number of hydrogen-bond acceptors (Lipinski definition) is 3. The molecule has 1 atom stereocenters. The van der Waals surface area contributed by atoms with E-state index in [-0.39, 0.29) is 13.0 Å². The van der Waals surface area contributed by atoms with Crippen LogP contribution in [0.25, 0.3) is 0 Å². The van der Waals surface area contributed by atoms with Crippen LogP contribution < -0.4 is 0 Å². The molecule has 86 valence electrons. The summed E-state index contributed by atoms with van der Waals surface area (Å²) in [5.74, 6) is -2.78.